The summed E-state index contributed by atoms with van der Waals surface area (Å²) in [4.78, 5) is 18.4. The molecule has 17 heavy (non-hydrogen) atoms. The first-order chi connectivity index (χ1) is 7.99. The summed E-state index contributed by atoms with van der Waals surface area (Å²) in [6.45, 7) is 0. The van der Waals surface area contributed by atoms with E-state index in [2.05, 4.69) is 25.9 Å². The summed E-state index contributed by atoms with van der Waals surface area (Å²) in [5.74, 6) is 0.0826. The molecule has 0 atom stereocenters. The Morgan fingerprint density at radius 1 is 1.47 bits per heavy atom. The van der Waals surface area contributed by atoms with Crippen LogP contribution in [0.25, 0.3) is 10.9 Å². The Morgan fingerprint density at radius 3 is 2.82 bits per heavy atom. The van der Waals surface area contributed by atoms with Crippen LogP contribution in [0.3, 0.4) is 0 Å². The van der Waals surface area contributed by atoms with Crippen molar-refractivity contribution in [2.75, 3.05) is 0 Å². The van der Waals surface area contributed by atoms with Gasteiger partial charge in [-0.05, 0) is 25.0 Å². The molecule has 0 saturated heterocycles. The van der Waals surface area contributed by atoms with Gasteiger partial charge < -0.3 is 4.98 Å². The van der Waals surface area contributed by atoms with Crippen molar-refractivity contribution in [1.29, 1.82) is 0 Å². The van der Waals surface area contributed by atoms with E-state index in [0.717, 1.165) is 0 Å². The maximum absolute atomic E-state index is 13.9. The fourth-order valence-corrected chi connectivity index (χ4v) is 2.58. The number of alkyl halides is 1. The number of aromatic amines is 1. The first-order valence-electron chi connectivity index (χ1n) is 5.08. The molecule has 0 radical (unpaired) electrons. The number of aromatic nitrogens is 2. The Bertz CT molecular complexity index is 681. The molecule has 88 valence electrons. The minimum Gasteiger partial charge on any atom is -0.307 e. The molecular formula is C11H7BrClFN2O. The van der Waals surface area contributed by atoms with Crippen molar-refractivity contribution in [3.05, 3.63) is 37.8 Å². The summed E-state index contributed by atoms with van der Waals surface area (Å²) in [5, 5.41) is 0.698. The number of H-pyrrole nitrogens is 1. The van der Waals surface area contributed by atoms with Crippen molar-refractivity contribution in [2.24, 2.45) is 0 Å². The van der Waals surface area contributed by atoms with Gasteiger partial charge in [0.05, 0.1) is 15.9 Å². The molecule has 1 fully saturated rings. The lowest BCUT2D eigenvalue weighted by Gasteiger charge is -2.07. The zero-order valence-electron chi connectivity index (χ0n) is 8.56. The van der Waals surface area contributed by atoms with Gasteiger partial charge in [0.1, 0.15) is 5.82 Å². The predicted octanol–water partition coefficient (Wildman–Crippen LogP) is 3.30. The molecule has 3 rings (SSSR count). The highest BCUT2D eigenvalue weighted by Crippen LogP contribution is 2.47. The number of fused-ring (bicyclic) bond motifs is 1. The predicted molar refractivity (Wildman–Crippen MR) is 67.1 cm³/mol. The summed E-state index contributed by atoms with van der Waals surface area (Å²) in [7, 11) is 0. The van der Waals surface area contributed by atoms with E-state index in [4.69, 9.17) is 11.6 Å². The van der Waals surface area contributed by atoms with Gasteiger partial charge in [-0.15, -0.1) is 0 Å². The second-order valence-corrected chi connectivity index (χ2v) is 5.49. The summed E-state index contributed by atoms with van der Waals surface area (Å²) >= 11 is 9.26. The van der Waals surface area contributed by atoms with Gasteiger partial charge in [0.25, 0.3) is 5.56 Å². The molecule has 1 saturated carbocycles. The van der Waals surface area contributed by atoms with Crippen LogP contribution in [0.15, 0.2) is 21.4 Å². The smallest absolute Gasteiger partial charge is 0.258 e. The number of nitrogens with zero attached hydrogens (tertiary/aromatic N) is 1. The van der Waals surface area contributed by atoms with Crippen LogP contribution in [-0.2, 0) is 5.67 Å². The van der Waals surface area contributed by atoms with Crippen LogP contribution in [0, 0.1) is 0 Å². The van der Waals surface area contributed by atoms with Gasteiger partial charge >= 0.3 is 0 Å². The van der Waals surface area contributed by atoms with Gasteiger partial charge in [-0.1, -0.05) is 27.5 Å². The summed E-state index contributed by atoms with van der Waals surface area (Å²) in [5.41, 5.74) is -1.49. The Kier molecular flexibility index (Phi) is 2.32. The zero-order chi connectivity index (χ0) is 12.2. The second-order valence-electron chi connectivity index (χ2n) is 4.16. The Labute approximate surface area is 109 Å². The van der Waals surface area contributed by atoms with Gasteiger partial charge in [-0.25, -0.2) is 9.37 Å². The second kappa shape index (κ2) is 3.53. The molecule has 1 N–H and O–H groups in total. The maximum atomic E-state index is 13.9. The molecule has 0 aliphatic heterocycles. The standard InChI is InChI=1S/C11H7BrClFN2O/c12-5-3-6-8(7(13)4-5)15-10(16-9(6)17)11(14)1-2-11/h3-4H,1-2H2,(H,15,16,17). The third-order valence-electron chi connectivity index (χ3n) is 2.84. The fourth-order valence-electron chi connectivity index (χ4n) is 1.73. The topological polar surface area (TPSA) is 45.8 Å². The Balaban J connectivity index is 2.36. The van der Waals surface area contributed by atoms with Crippen LogP contribution in [0.2, 0.25) is 5.02 Å². The molecule has 3 nitrogen and oxygen atoms in total. The van der Waals surface area contributed by atoms with Crippen molar-refractivity contribution >= 4 is 38.4 Å². The third kappa shape index (κ3) is 1.77. The summed E-state index contributed by atoms with van der Waals surface area (Å²) in [6, 6.07) is 3.26. The van der Waals surface area contributed by atoms with E-state index in [0.29, 0.717) is 33.2 Å². The first-order valence-corrected chi connectivity index (χ1v) is 6.25. The molecule has 0 bridgehead atoms. The van der Waals surface area contributed by atoms with Crippen LogP contribution in [0.5, 0.6) is 0 Å². The average molecular weight is 318 g/mol. The van der Waals surface area contributed by atoms with Crippen LogP contribution < -0.4 is 5.56 Å². The minimum absolute atomic E-state index is 0.0826. The molecule has 0 amide bonds. The van der Waals surface area contributed by atoms with Crippen molar-refractivity contribution in [3.8, 4) is 0 Å². The fraction of sp³-hybridized carbons (Fsp3) is 0.273. The Morgan fingerprint density at radius 2 is 2.18 bits per heavy atom. The van der Waals surface area contributed by atoms with E-state index in [1.165, 1.54) is 0 Å². The lowest BCUT2D eigenvalue weighted by Crippen LogP contribution is -2.16. The van der Waals surface area contributed by atoms with Crippen molar-refractivity contribution < 1.29 is 4.39 Å². The molecule has 1 heterocycles. The van der Waals surface area contributed by atoms with E-state index in [-0.39, 0.29) is 11.4 Å². The maximum Gasteiger partial charge on any atom is 0.258 e. The Hall–Kier alpha value is -0.940. The summed E-state index contributed by atoms with van der Waals surface area (Å²) in [6.07, 6.45) is 0.797. The van der Waals surface area contributed by atoms with E-state index in [1.54, 1.807) is 12.1 Å². The third-order valence-corrected chi connectivity index (χ3v) is 3.59. The molecule has 1 aliphatic rings. The van der Waals surface area contributed by atoms with Gasteiger partial charge in [0, 0.05) is 4.47 Å². The van der Waals surface area contributed by atoms with Crippen LogP contribution in [-0.4, -0.2) is 9.97 Å². The number of nitrogens with one attached hydrogen (secondary N) is 1. The molecule has 0 unspecified atom stereocenters. The normalized spacial score (nSPS) is 17.4. The zero-order valence-corrected chi connectivity index (χ0v) is 10.9. The lowest BCUT2D eigenvalue weighted by atomic mass is 10.2. The highest BCUT2D eigenvalue weighted by Gasteiger charge is 2.47. The number of hydrogen-bond donors (Lipinski definition) is 1. The highest BCUT2D eigenvalue weighted by molar-refractivity contribution is 9.10. The van der Waals surface area contributed by atoms with Crippen molar-refractivity contribution in [2.45, 2.75) is 18.5 Å². The van der Waals surface area contributed by atoms with E-state index in [1.807, 2.05) is 0 Å². The van der Waals surface area contributed by atoms with Gasteiger partial charge in [-0.3, -0.25) is 4.79 Å². The number of benzene rings is 1. The van der Waals surface area contributed by atoms with Gasteiger partial charge in [0.15, 0.2) is 5.67 Å². The molecule has 1 aliphatic carbocycles. The number of hydrogen-bond acceptors (Lipinski definition) is 2. The molecule has 1 aromatic heterocycles. The van der Waals surface area contributed by atoms with Gasteiger partial charge in [-0.2, -0.15) is 0 Å². The number of halogens is 3. The highest BCUT2D eigenvalue weighted by atomic mass is 79.9. The van der Waals surface area contributed by atoms with Crippen LogP contribution in [0.4, 0.5) is 4.39 Å². The minimum atomic E-state index is -1.47. The average Bonchev–Trinajstić information content (AvgIpc) is 2.99. The van der Waals surface area contributed by atoms with E-state index >= 15 is 0 Å². The monoisotopic (exact) mass is 316 g/mol. The molecule has 2 aromatic rings. The lowest BCUT2D eigenvalue weighted by molar-refractivity contribution is 0.300. The summed E-state index contributed by atoms with van der Waals surface area (Å²) < 4.78 is 14.6. The molecule has 6 heteroatoms. The number of rotatable bonds is 1. The first kappa shape index (κ1) is 11.2. The quantitative estimate of drug-likeness (QED) is 0.877. The SMILES string of the molecule is O=c1[nH]c(C2(F)CC2)nc2c(Cl)cc(Br)cc12. The van der Waals surface area contributed by atoms with Crippen molar-refractivity contribution in [3.63, 3.8) is 0 Å². The van der Waals surface area contributed by atoms with Crippen LogP contribution in [0.1, 0.15) is 18.7 Å². The molecule has 1 aromatic carbocycles. The van der Waals surface area contributed by atoms with E-state index in [9.17, 15) is 9.18 Å². The molecular weight excluding hydrogens is 310 g/mol. The molecule has 0 spiro atoms. The van der Waals surface area contributed by atoms with Gasteiger partial charge in [0.2, 0.25) is 0 Å². The van der Waals surface area contributed by atoms with Crippen molar-refractivity contribution in [1.82, 2.24) is 9.97 Å². The van der Waals surface area contributed by atoms with E-state index < -0.39 is 5.67 Å². The van der Waals surface area contributed by atoms with Crippen LogP contribution >= 0.6 is 27.5 Å². The largest absolute Gasteiger partial charge is 0.307 e.